The van der Waals surface area contributed by atoms with Crippen molar-refractivity contribution in [3.05, 3.63) is 18.2 Å². The summed E-state index contributed by atoms with van der Waals surface area (Å²) >= 11 is 0. The molecule has 0 atom stereocenters. The number of nitrogens with zero attached hydrogens (tertiary/aromatic N) is 4. The van der Waals surface area contributed by atoms with E-state index in [0.29, 0.717) is 12.0 Å². The van der Waals surface area contributed by atoms with Gasteiger partial charge in [-0.05, 0) is 44.9 Å². The molecular formula is C16H22N6O. The summed E-state index contributed by atoms with van der Waals surface area (Å²) in [4.78, 5) is 18.7. The highest BCUT2D eigenvalue weighted by atomic mass is 16.2. The van der Waals surface area contributed by atoms with Crippen LogP contribution in [0.2, 0.25) is 0 Å². The van der Waals surface area contributed by atoms with E-state index >= 15 is 0 Å². The monoisotopic (exact) mass is 314 g/mol. The van der Waals surface area contributed by atoms with Crippen LogP contribution in [0.1, 0.15) is 25.7 Å². The second kappa shape index (κ2) is 5.81. The van der Waals surface area contributed by atoms with Crippen LogP contribution in [0.4, 0.5) is 11.8 Å². The van der Waals surface area contributed by atoms with Gasteiger partial charge in [-0.15, -0.1) is 5.10 Å². The van der Waals surface area contributed by atoms with Gasteiger partial charge in [0.1, 0.15) is 5.82 Å². The van der Waals surface area contributed by atoms with E-state index in [4.69, 9.17) is 0 Å². The Balaban J connectivity index is 1.57. The number of nitrogens with one attached hydrogen (secondary N) is 2. The van der Waals surface area contributed by atoms with Crippen LogP contribution in [0.3, 0.4) is 0 Å². The third-order valence-corrected chi connectivity index (χ3v) is 4.75. The van der Waals surface area contributed by atoms with Gasteiger partial charge in [0.15, 0.2) is 5.65 Å². The van der Waals surface area contributed by atoms with Gasteiger partial charge in [0.25, 0.3) is 0 Å². The van der Waals surface area contributed by atoms with Gasteiger partial charge in [-0.3, -0.25) is 10.1 Å². The lowest BCUT2D eigenvalue weighted by Crippen LogP contribution is -2.41. The van der Waals surface area contributed by atoms with Gasteiger partial charge >= 0.3 is 0 Å². The molecule has 1 aliphatic heterocycles. The van der Waals surface area contributed by atoms with Gasteiger partial charge in [-0.25, -0.2) is 0 Å². The largest absolute Gasteiger partial charge is 0.356 e. The fourth-order valence-corrected chi connectivity index (χ4v) is 3.14. The molecule has 2 aromatic rings. The number of carbonyl (C=O) groups is 1. The molecule has 0 spiro atoms. The zero-order chi connectivity index (χ0) is 15.8. The second-order valence-electron chi connectivity index (χ2n) is 6.40. The Hall–Kier alpha value is -2.15. The van der Waals surface area contributed by atoms with Crippen molar-refractivity contribution in [2.75, 3.05) is 30.4 Å². The van der Waals surface area contributed by atoms with Crippen molar-refractivity contribution in [2.24, 2.45) is 5.92 Å². The second-order valence-corrected chi connectivity index (χ2v) is 6.40. The van der Waals surface area contributed by atoms with Crippen molar-refractivity contribution in [3.63, 3.8) is 0 Å². The highest BCUT2D eigenvalue weighted by Crippen LogP contribution is 2.30. The first-order valence-electron chi connectivity index (χ1n) is 8.33. The molecular weight excluding hydrogens is 292 g/mol. The van der Waals surface area contributed by atoms with Crippen molar-refractivity contribution in [3.8, 4) is 0 Å². The van der Waals surface area contributed by atoms with Crippen LogP contribution >= 0.6 is 0 Å². The molecule has 2 fully saturated rings. The molecule has 2 aromatic heterocycles. The highest BCUT2D eigenvalue weighted by molar-refractivity contribution is 5.92. The minimum Gasteiger partial charge on any atom is -0.356 e. The summed E-state index contributed by atoms with van der Waals surface area (Å²) in [7, 11) is 2.02. The maximum Gasteiger partial charge on any atom is 0.249 e. The van der Waals surface area contributed by atoms with Gasteiger partial charge in [-0.1, -0.05) is 6.07 Å². The molecule has 7 heteroatoms. The van der Waals surface area contributed by atoms with Crippen molar-refractivity contribution >= 4 is 23.3 Å². The first-order chi connectivity index (χ1) is 11.2. The predicted octanol–water partition coefficient (Wildman–Crippen LogP) is 1.27. The van der Waals surface area contributed by atoms with E-state index < -0.39 is 0 Å². The molecule has 2 aliphatic rings. The molecule has 3 heterocycles. The Morgan fingerprint density at radius 1 is 1.22 bits per heavy atom. The molecule has 7 nitrogen and oxygen atoms in total. The van der Waals surface area contributed by atoms with Gasteiger partial charge in [0.2, 0.25) is 11.9 Å². The summed E-state index contributed by atoms with van der Waals surface area (Å²) in [5.74, 6) is 1.63. The summed E-state index contributed by atoms with van der Waals surface area (Å²) in [5, 5.41) is 10.7. The van der Waals surface area contributed by atoms with E-state index in [1.807, 2.05) is 23.7 Å². The average molecular weight is 314 g/mol. The molecule has 0 aromatic carbocycles. The predicted molar refractivity (Wildman–Crippen MR) is 88.6 cm³/mol. The van der Waals surface area contributed by atoms with Crippen LogP contribution in [0.25, 0.3) is 5.65 Å². The number of aromatic nitrogens is 3. The lowest BCUT2D eigenvalue weighted by atomic mass is 10.1. The maximum absolute atomic E-state index is 11.9. The number of anilines is 2. The standard InChI is InChI=1S/C16H22N6O/c1-17-12-7-9-21(10-8-12)14-4-2-3-13-18-16(20-22(13)14)19-15(23)11-5-6-11/h2-4,11-12,17H,5-10H2,1H3,(H,19,20,23). The molecule has 1 amide bonds. The van der Waals surface area contributed by atoms with Crippen LogP contribution in [-0.2, 0) is 4.79 Å². The first-order valence-corrected chi connectivity index (χ1v) is 8.33. The van der Waals surface area contributed by atoms with Crippen LogP contribution < -0.4 is 15.5 Å². The number of carbonyl (C=O) groups excluding carboxylic acids is 1. The summed E-state index contributed by atoms with van der Waals surface area (Å²) in [6.07, 6.45) is 4.19. The number of amides is 1. The molecule has 0 radical (unpaired) electrons. The smallest absolute Gasteiger partial charge is 0.249 e. The molecule has 0 unspecified atom stereocenters. The molecule has 122 valence electrons. The number of hydrogen-bond acceptors (Lipinski definition) is 5. The van der Waals surface area contributed by atoms with E-state index in [2.05, 4.69) is 31.7 Å². The zero-order valence-electron chi connectivity index (χ0n) is 13.3. The van der Waals surface area contributed by atoms with Gasteiger partial charge < -0.3 is 10.2 Å². The Morgan fingerprint density at radius 2 is 2.00 bits per heavy atom. The van der Waals surface area contributed by atoms with Gasteiger partial charge in [0.05, 0.1) is 0 Å². The minimum atomic E-state index is 0.0392. The van der Waals surface area contributed by atoms with Crippen molar-refractivity contribution < 1.29 is 4.79 Å². The van der Waals surface area contributed by atoms with Crippen molar-refractivity contribution in [1.29, 1.82) is 0 Å². The Labute approximate surface area is 135 Å². The topological polar surface area (TPSA) is 74.6 Å². The van der Waals surface area contributed by atoms with Crippen LogP contribution in [0.5, 0.6) is 0 Å². The lowest BCUT2D eigenvalue weighted by molar-refractivity contribution is -0.117. The molecule has 2 N–H and O–H groups in total. The van der Waals surface area contributed by atoms with E-state index in [0.717, 1.165) is 50.2 Å². The van der Waals surface area contributed by atoms with Gasteiger partial charge in [0, 0.05) is 25.0 Å². The zero-order valence-corrected chi connectivity index (χ0v) is 13.3. The third kappa shape index (κ3) is 2.88. The van der Waals surface area contributed by atoms with Crippen molar-refractivity contribution in [1.82, 2.24) is 19.9 Å². The SMILES string of the molecule is CNC1CCN(c2cccc3nc(NC(=O)C4CC4)nn23)CC1. The molecule has 23 heavy (non-hydrogen) atoms. The van der Waals surface area contributed by atoms with Crippen LogP contribution in [-0.4, -0.2) is 46.7 Å². The fourth-order valence-electron chi connectivity index (χ4n) is 3.14. The van der Waals surface area contributed by atoms with Gasteiger partial charge in [-0.2, -0.15) is 9.50 Å². The molecule has 0 bridgehead atoms. The first kappa shape index (κ1) is 14.4. The van der Waals surface area contributed by atoms with E-state index in [1.165, 1.54) is 0 Å². The average Bonchev–Trinajstić information content (AvgIpc) is 3.35. The lowest BCUT2D eigenvalue weighted by Gasteiger charge is -2.33. The van der Waals surface area contributed by atoms with E-state index in [9.17, 15) is 4.79 Å². The number of pyridine rings is 1. The quantitative estimate of drug-likeness (QED) is 0.889. The summed E-state index contributed by atoms with van der Waals surface area (Å²) in [6.45, 7) is 1.99. The van der Waals surface area contributed by atoms with Crippen LogP contribution in [0.15, 0.2) is 18.2 Å². The van der Waals surface area contributed by atoms with Crippen molar-refractivity contribution in [2.45, 2.75) is 31.7 Å². The molecule has 1 aliphatic carbocycles. The minimum absolute atomic E-state index is 0.0392. The number of fused-ring (bicyclic) bond motifs is 1. The summed E-state index contributed by atoms with van der Waals surface area (Å²) in [5.41, 5.74) is 0.768. The normalized spacial score (nSPS) is 19.3. The Kier molecular flexibility index (Phi) is 3.65. The Bertz CT molecular complexity index is 714. The highest BCUT2D eigenvalue weighted by Gasteiger charge is 2.30. The number of hydrogen-bond donors (Lipinski definition) is 2. The molecule has 1 saturated carbocycles. The summed E-state index contributed by atoms with van der Waals surface area (Å²) < 4.78 is 1.84. The molecule has 1 saturated heterocycles. The Morgan fingerprint density at radius 3 is 2.70 bits per heavy atom. The maximum atomic E-state index is 11.9. The van der Waals surface area contributed by atoms with E-state index in [1.54, 1.807) is 0 Å². The fraction of sp³-hybridized carbons (Fsp3) is 0.562. The summed E-state index contributed by atoms with van der Waals surface area (Å²) in [6, 6.07) is 6.57. The third-order valence-electron chi connectivity index (χ3n) is 4.75. The molecule has 4 rings (SSSR count). The van der Waals surface area contributed by atoms with E-state index in [-0.39, 0.29) is 11.8 Å². The number of piperidine rings is 1. The number of rotatable bonds is 4. The van der Waals surface area contributed by atoms with Crippen LogP contribution in [0, 0.1) is 5.92 Å².